The largest absolute Gasteiger partial charge is 0.0654 e. The van der Waals surface area contributed by atoms with Crippen LogP contribution >= 0.6 is 0 Å². The van der Waals surface area contributed by atoms with Crippen LogP contribution in [0.1, 0.15) is 59.3 Å². The van der Waals surface area contributed by atoms with Gasteiger partial charge in [-0.15, -0.1) is 0 Å². The third-order valence-electron chi connectivity index (χ3n) is 3.65. The van der Waals surface area contributed by atoms with E-state index in [2.05, 4.69) is 20.8 Å². The van der Waals surface area contributed by atoms with E-state index in [0.29, 0.717) is 5.41 Å². The van der Waals surface area contributed by atoms with Crippen molar-refractivity contribution >= 4 is 0 Å². The van der Waals surface area contributed by atoms with E-state index in [1.165, 1.54) is 38.5 Å². The van der Waals surface area contributed by atoms with Crippen LogP contribution in [0.25, 0.3) is 0 Å². The lowest BCUT2D eigenvalue weighted by molar-refractivity contribution is 0.117. The highest BCUT2D eigenvalue weighted by molar-refractivity contribution is 4.83. The Morgan fingerprint density at radius 2 is 2.09 bits per heavy atom. The van der Waals surface area contributed by atoms with Gasteiger partial charge in [0.05, 0.1) is 0 Å². The molecule has 0 spiro atoms. The van der Waals surface area contributed by atoms with Gasteiger partial charge in [0, 0.05) is 0 Å². The summed E-state index contributed by atoms with van der Waals surface area (Å²) in [6.45, 7) is 7.24. The molecule has 11 heavy (non-hydrogen) atoms. The van der Waals surface area contributed by atoms with Gasteiger partial charge in [0.1, 0.15) is 0 Å². The smallest absolute Gasteiger partial charge is 0.0300 e. The first-order chi connectivity index (χ1) is 5.19. The lowest BCUT2D eigenvalue weighted by Gasteiger charge is -2.39. The molecule has 1 unspecified atom stereocenters. The first kappa shape index (κ1) is 9.09. The molecule has 0 aromatic carbocycles. The maximum absolute atomic E-state index is 2.49. The third-order valence-corrected chi connectivity index (χ3v) is 3.65. The molecule has 0 amide bonds. The van der Waals surface area contributed by atoms with Crippen molar-refractivity contribution < 1.29 is 0 Å². The van der Waals surface area contributed by atoms with Crippen LogP contribution in [0.5, 0.6) is 0 Å². The van der Waals surface area contributed by atoms with Crippen LogP contribution in [0.3, 0.4) is 0 Å². The SMILES string of the molecule is CCCC1(C)CCCC[C@@H]1C. The molecule has 1 aliphatic rings. The molecule has 1 aliphatic carbocycles. The standard InChI is InChI=1S/C11H22/c1-4-8-11(3)9-6-5-7-10(11)2/h10H,4-9H2,1-3H3/t10-,11?/m0/s1. The van der Waals surface area contributed by atoms with Crippen LogP contribution in [0.4, 0.5) is 0 Å². The zero-order valence-corrected chi connectivity index (χ0v) is 8.32. The molecule has 0 saturated heterocycles. The van der Waals surface area contributed by atoms with Crippen LogP contribution < -0.4 is 0 Å². The molecule has 0 nitrogen and oxygen atoms in total. The highest BCUT2D eigenvalue weighted by Crippen LogP contribution is 2.43. The van der Waals surface area contributed by atoms with Crippen LogP contribution in [0, 0.1) is 11.3 Å². The zero-order chi connectivity index (χ0) is 8.32. The number of hydrogen-bond donors (Lipinski definition) is 0. The minimum atomic E-state index is 0.688. The van der Waals surface area contributed by atoms with Crippen molar-refractivity contribution in [3.8, 4) is 0 Å². The van der Waals surface area contributed by atoms with Crippen molar-refractivity contribution in [3.05, 3.63) is 0 Å². The van der Waals surface area contributed by atoms with E-state index in [1.54, 1.807) is 0 Å². The van der Waals surface area contributed by atoms with E-state index < -0.39 is 0 Å². The van der Waals surface area contributed by atoms with Gasteiger partial charge in [0.15, 0.2) is 0 Å². The molecule has 0 aromatic heterocycles. The first-order valence-corrected chi connectivity index (χ1v) is 5.19. The minimum absolute atomic E-state index is 0.688. The van der Waals surface area contributed by atoms with Gasteiger partial charge < -0.3 is 0 Å². The van der Waals surface area contributed by atoms with Gasteiger partial charge in [0.2, 0.25) is 0 Å². The van der Waals surface area contributed by atoms with Crippen molar-refractivity contribution in [2.24, 2.45) is 11.3 Å². The van der Waals surface area contributed by atoms with Crippen molar-refractivity contribution in [2.45, 2.75) is 59.3 Å². The highest BCUT2D eigenvalue weighted by Gasteiger charge is 2.32. The normalized spacial score (nSPS) is 39.0. The molecule has 1 rings (SSSR count). The second-order valence-corrected chi connectivity index (χ2v) is 4.55. The van der Waals surface area contributed by atoms with Crippen LogP contribution in [-0.2, 0) is 0 Å². The molecular weight excluding hydrogens is 132 g/mol. The van der Waals surface area contributed by atoms with Gasteiger partial charge in [-0.25, -0.2) is 0 Å². The predicted octanol–water partition coefficient (Wildman–Crippen LogP) is 4.00. The average molecular weight is 154 g/mol. The van der Waals surface area contributed by atoms with Gasteiger partial charge in [-0.3, -0.25) is 0 Å². The molecule has 0 heterocycles. The Bertz CT molecular complexity index is 113. The van der Waals surface area contributed by atoms with E-state index in [4.69, 9.17) is 0 Å². The van der Waals surface area contributed by atoms with Gasteiger partial charge in [-0.1, -0.05) is 46.5 Å². The maximum Gasteiger partial charge on any atom is -0.0300 e. The average Bonchev–Trinajstić information content (AvgIpc) is 1.96. The topological polar surface area (TPSA) is 0 Å². The zero-order valence-electron chi connectivity index (χ0n) is 8.32. The van der Waals surface area contributed by atoms with Crippen molar-refractivity contribution in [2.75, 3.05) is 0 Å². The Morgan fingerprint density at radius 1 is 1.36 bits per heavy atom. The Hall–Kier alpha value is 0. The Labute approximate surface area is 71.4 Å². The van der Waals surface area contributed by atoms with Gasteiger partial charge in [-0.05, 0) is 24.2 Å². The molecule has 0 radical (unpaired) electrons. The van der Waals surface area contributed by atoms with Crippen molar-refractivity contribution in [3.63, 3.8) is 0 Å². The van der Waals surface area contributed by atoms with Gasteiger partial charge in [0.25, 0.3) is 0 Å². The number of hydrogen-bond acceptors (Lipinski definition) is 0. The molecule has 66 valence electrons. The molecule has 1 fully saturated rings. The fraction of sp³-hybridized carbons (Fsp3) is 1.00. The minimum Gasteiger partial charge on any atom is -0.0654 e. The summed E-state index contributed by atoms with van der Waals surface area (Å²) >= 11 is 0. The first-order valence-electron chi connectivity index (χ1n) is 5.19. The fourth-order valence-corrected chi connectivity index (χ4v) is 2.52. The Morgan fingerprint density at radius 3 is 2.64 bits per heavy atom. The van der Waals surface area contributed by atoms with Crippen LogP contribution in [-0.4, -0.2) is 0 Å². The summed E-state index contributed by atoms with van der Waals surface area (Å²) in [4.78, 5) is 0. The quantitative estimate of drug-likeness (QED) is 0.564. The third kappa shape index (κ3) is 1.98. The van der Waals surface area contributed by atoms with Crippen LogP contribution in [0.15, 0.2) is 0 Å². The van der Waals surface area contributed by atoms with E-state index in [-0.39, 0.29) is 0 Å². The summed E-state index contributed by atoms with van der Waals surface area (Å²) in [6, 6.07) is 0. The molecule has 0 N–H and O–H groups in total. The lowest BCUT2D eigenvalue weighted by atomic mass is 9.66. The Kier molecular flexibility index (Phi) is 2.98. The van der Waals surface area contributed by atoms with Crippen LogP contribution in [0.2, 0.25) is 0 Å². The van der Waals surface area contributed by atoms with E-state index in [1.807, 2.05) is 0 Å². The second-order valence-electron chi connectivity index (χ2n) is 4.55. The maximum atomic E-state index is 2.49. The molecule has 1 saturated carbocycles. The van der Waals surface area contributed by atoms with Gasteiger partial charge in [-0.2, -0.15) is 0 Å². The summed E-state index contributed by atoms with van der Waals surface area (Å²) in [6.07, 6.45) is 8.69. The molecule has 0 heteroatoms. The molecule has 0 bridgehead atoms. The van der Waals surface area contributed by atoms with E-state index in [0.717, 1.165) is 5.92 Å². The van der Waals surface area contributed by atoms with Crippen molar-refractivity contribution in [1.29, 1.82) is 0 Å². The van der Waals surface area contributed by atoms with Crippen molar-refractivity contribution in [1.82, 2.24) is 0 Å². The predicted molar refractivity (Wildman–Crippen MR) is 50.6 cm³/mol. The monoisotopic (exact) mass is 154 g/mol. The molecule has 0 aliphatic heterocycles. The summed E-state index contributed by atoms with van der Waals surface area (Å²) in [5, 5.41) is 0. The summed E-state index contributed by atoms with van der Waals surface area (Å²) in [5.41, 5.74) is 0.688. The van der Waals surface area contributed by atoms with E-state index >= 15 is 0 Å². The number of rotatable bonds is 2. The molecular formula is C11H22. The fourth-order valence-electron chi connectivity index (χ4n) is 2.52. The summed E-state index contributed by atoms with van der Waals surface area (Å²) in [7, 11) is 0. The lowest BCUT2D eigenvalue weighted by Crippen LogP contribution is -2.28. The molecule has 0 aromatic rings. The van der Waals surface area contributed by atoms with Gasteiger partial charge >= 0.3 is 0 Å². The summed E-state index contributed by atoms with van der Waals surface area (Å²) in [5.74, 6) is 0.969. The Balaban J connectivity index is 2.49. The molecule has 2 atom stereocenters. The highest BCUT2D eigenvalue weighted by atomic mass is 14.4. The van der Waals surface area contributed by atoms with E-state index in [9.17, 15) is 0 Å². The second kappa shape index (κ2) is 3.60. The summed E-state index contributed by atoms with van der Waals surface area (Å²) < 4.78 is 0.